The lowest BCUT2D eigenvalue weighted by molar-refractivity contribution is -0.137. The van der Waals surface area contributed by atoms with Gasteiger partial charge in [-0.1, -0.05) is 22.8 Å². The normalized spacial score (nSPS) is 12.2. The molecule has 0 bridgehead atoms. The number of carbonyl (C=O) groups is 1. The van der Waals surface area contributed by atoms with E-state index in [4.69, 9.17) is 23.2 Å². The maximum atomic E-state index is 12.4. The predicted molar refractivity (Wildman–Crippen MR) is 65.6 cm³/mol. The van der Waals surface area contributed by atoms with Crippen LogP contribution in [0.25, 0.3) is 0 Å². The number of hydrogen-bond donors (Lipinski definition) is 1. The molecule has 0 aliphatic carbocycles. The molecule has 0 aliphatic rings. The monoisotopic (exact) mass is 314 g/mol. The van der Waals surface area contributed by atoms with E-state index in [1.54, 1.807) is 0 Å². The van der Waals surface area contributed by atoms with Crippen LogP contribution < -0.4 is 5.32 Å². The SMILES string of the molecule is O=C(Nc1cccc(C(F)(F)F)c1)O/N=C(\Cl)CCl. The van der Waals surface area contributed by atoms with Gasteiger partial charge in [0, 0.05) is 5.69 Å². The van der Waals surface area contributed by atoms with Crippen molar-refractivity contribution in [2.24, 2.45) is 5.16 Å². The van der Waals surface area contributed by atoms with Crippen molar-refractivity contribution < 1.29 is 22.8 Å². The third-order valence-corrected chi connectivity index (χ3v) is 2.37. The van der Waals surface area contributed by atoms with Crippen molar-refractivity contribution in [1.82, 2.24) is 0 Å². The summed E-state index contributed by atoms with van der Waals surface area (Å²) in [5.41, 5.74) is -0.982. The highest BCUT2D eigenvalue weighted by molar-refractivity contribution is 6.69. The summed E-state index contributed by atoms with van der Waals surface area (Å²) in [7, 11) is 0. The van der Waals surface area contributed by atoms with Crippen LogP contribution in [0.2, 0.25) is 0 Å². The fourth-order valence-corrected chi connectivity index (χ4v) is 1.11. The standard InChI is InChI=1S/C10H7Cl2F3N2O2/c11-5-8(12)17-19-9(18)16-7-3-1-2-6(4-7)10(13,14)15/h1-4H,5H2,(H,16,18)/b17-8-. The van der Waals surface area contributed by atoms with Crippen molar-refractivity contribution in [2.45, 2.75) is 6.18 Å². The van der Waals surface area contributed by atoms with Crippen LogP contribution in [0.4, 0.5) is 23.7 Å². The van der Waals surface area contributed by atoms with Gasteiger partial charge in [-0.15, -0.1) is 11.6 Å². The Morgan fingerprint density at radius 2 is 2.11 bits per heavy atom. The summed E-state index contributed by atoms with van der Waals surface area (Å²) in [6.07, 6.45) is -5.58. The quantitative estimate of drug-likeness (QED) is 0.396. The van der Waals surface area contributed by atoms with E-state index in [0.717, 1.165) is 18.2 Å². The van der Waals surface area contributed by atoms with Crippen LogP contribution in [0, 0.1) is 0 Å². The van der Waals surface area contributed by atoms with Crippen LogP contribution in [-0.2, 0) is 11.0 Å². The molecule has 104 valence electrons. The molecule has 9 heteroatoms. The van der Waals surface area contributed by atoms with E-state index in [2.05, 4.69) is 15.3 Å². The molecule has 0 radical (unpaired) electrons. The Morgan fingerprint density at radius 3 is 2.68 bits per heavy atom. The molecule has 0 saturated heterocycles. The highest BCUT2D eigenvalue weighted by Gasteiger charge is 2.30. The molecule has 0 spiro atoms. The Bertz CT molecular complexity index is 492. The smallest absolute Gasteiger partial charge is 0.297 e. The van der Waals surface area contributed by atoms with Crippen LogP contribution >= 0.6 is 23.2 Å². The summed E-state index contributed by atoms with van der Waals surface area (Å²) in [6, 6.07) is 4.05. The van der Waals surface area contributed by atoms with Gasteiger partial charge in [0.1, 0.15) is 0 Å². The highest BCUT2D eigenvalue weighted by atomic mass is 35.5. The van der Waals surface area contributed by atoms with E-state index in [1.165, 1.54) is 6.07 Å². The first-order chi connectivity index (χ1) is 8.82. The number of carbonyl (C=O) groups excluding carboxylic acids is 1. The molecule has 0 heterocycles. The maximum Gasteiger partial charge on any atom is 0.437 e. The molecule has 0 unspecified atom stereocenters. The number of oxime groups is 1. The summed E-state index contributed by atoms with van der Waals surface area (Å²) >= 11 is 10.6. The summed E-state index contributed by atoms with van der Waals surface area (Å²) in [5, 5.41) is 5.02. The molecular weight excluding hydrogens is 308 g/mol. The van der Waals surface area contributed by atoms with Crippen molar-refractivity contribution in [3.05, 3.63) is 29.8 Å². The Kier molecular flexibility index (Phi) is 5.44. The number of halogens is 5. The largest absolute Gasteiger partial charge is 0.437 e. The van der Waals surface area contributed by atoms with Gasteiger partial charge in [-0.25, -0.2) is 4.79 Å². The van der Waals surface area contributed by atoms with Crippen molar-refractivity contribution in [3.63, 3.8) is 0 Å². The predicted octanol–water partition coefficient (Wildman–Crippen LogP) is 4.05. The Morgan fingerprint density at radius 1 is 1.42 bits per heavy atom. The Hall–Kier alpha value is -1.47. The van der Waals surface area contributed by atoms with Gasteiger partial charge in [0.2, 0.25) is 0 Å². The van der Waals surface area contributed by atoms with Gasteiger partial charge < -0.3 is 0 Å². The fourth-order valence-electron chi connectivity index (χ4n) is 1.03. The van der Waals surface area contributed by atoms with E-state index in [1.807, 2.05) is 0 Å². The summed E-state index contributed by atoms with van der Waals surface area (Å²) in [5.74, 6) is -0.154. The van der Waals surface area contributed by atoms with Crippen LogP contribution in [0.15, 0.2) is 29.4 Å². The van der Waals surface area contributed by atoms with E-state index in [9.17, 15) is 18.0 Å². The molecule has 0 atom stereocenters. The summed E-state index contributed by atoms with van der Waals surface area (Å²) in [4.78, 5) is 15.4. The second kappa shape index (κ2) is 6.63. The molecule has 0 aliphatic heterocycles. The zero-order valence-electron chi connectivity index (χ0n) is 9.17. The van der Waals surface area contributed by atoms with Crippen LogP contribution in [0.1, 0.15) is 5.56 Å². The first kappa shape index (κ1) is 15.6. The number of amides is 1. The highest BCUT2D eigenvalue weighted by Crippen LogP contribution is 2.30. The number of rotatable bonds is 3. The van der Waals surface area contributed by atoms with E-state index < -0.39 is 17.8 Å². The number of nitrogens with zero attached hydrogens (tertiary/aromatic N) is 1. The minimum atomic E-state index is -4.50. The van der Waals surface area contributed by atoms with Crippen LogP contribution in [0.5, 0.6) is 0 Å². The second-order valence-electron chi connectivity index (χ2n) is 3.18. The lowest BCUT2D eigenvalue weighted by Gasteiger charge is -2.08. The number of hydrogen-bond acceptors (Lipinski definition) is 3. The molecule has 1 aromatic rings. The van der Waals surface area contributed by atoms with Gasteiger partial charge in [0.05, 0.1) is 11.4 Å². The zero-order valence-corrected chi connectivity index (χ0v) is 10.7. The lowest BCUT2D eigenvalue weighted by Crippen LogP contribution is -2.13. The average molecular weight is 315 g/mol. The van der Waals surface area contributed by atoms with Gasteiger partial charge in [-0.3, -0.25) is 10.2 Å². The third kappa shape index (κ3) is 5.35. The molecule has 1 aromatic carbocycles. The Balaban J connectivity index is 2.70. The van der Waals surface area contributed by atoms with Gasteiger partial charge in [0.15, 0.2) is 5.17 Å². The van der Waals surface area contributed by atoms with Crippen molar-refractivity contribution in [3.8, 4) is 0 Å². The fraction of sp³-hybridized carbons (Fsp3) is 0.200. The number of alkyl halides is 4. The van der Waals surface area contributed by atoms with Crippen molar-refractivity contribution >= 4 is 40.2 Å². The Labute approximate surface area is 116 Å². The van der Waals surface area contributed by atoms with Crippen molar-refractivity contribution in [2.75, 3.05) is 11.2 Å². The van der Waals surface area contributed by atoms with E-state index >= 15 is 0 Å². The molecule has 1 N–H and O–H groups in total. The zero-order chi connectivity index (χ0) is 14.5. The average Bonchev–Trinajstić information content (AvgIpc) is 2.35. The minimum absolute atomic E-state index is 0.0861. The summed E-state index contributed by atoms with van der Waals surface area (Å²) < 4.78 is 37.2. The van der Waals surface area contributed by atoms with E-state index in [0.29, 0.717) is 0 Å². The molecule has 1 rings (SSSR count). The van der Waals surface area contributed by atoms with Gasteiger partial charge >= 0.3 is 12.3 Å². The maximum absolute atomic E-state index is 12.4. The van der Waals surface area contributed by atoms with Gasteiger partial charge in [-0.05, 0) is 18.2 Å². The molecule has 0 saturated carbocycles. The number of nitrogens with one attached hydrogen (secondary N) is 1. The molecule has 0 aromatic heterocycles. The first-order valence-electron chi connectivity index (χ1n) is 4.76. The molecular formula is C10H7Cl2F3N2O2. The second-order valence-corrected chi connectivity index (χ2v) is 3.89. The summed E-state index contributed by atoms with van der Waals surface area (Å²) in [6.45, 7) is 0. The van der Waals surface area contributed by atoms with Crippen LogP contribution in [-0.4, -0.2) is 17.1 Å². The van der Waals surface area contributed by atoms with E-state index in [-0.39, 0.29) is 16.7 Å². The van der Waals surface area contributed by atoms with Crippen molar-refractivity contribution in [1.29, 1.82) is 0 Å². The molecule has 0 fully saturated rings. The molecule has 4 nitrogen and oxygen atoms in total. The molecule has 1 amide bonds. The van der Waals surface area contributed by atoms with Crippen LogP contribution in [0.3, 0.4) is 0 Å². The number of anilines is 1. The minimum Gasteiger partial charge on any atom is -0.297 e. The third-order valence-electron chi connectivity index (χ3n) is 1.77. The lowest BCUT2D eigenvalue weighted by atomic mass is 10.2. The number of benzene rings is 1. The first-order valence-corrected chi connectivity index (χ1v) is 5.68. The van der Waals surface area contributed by atoms with Gasteiger partial charge in [0.25, 0.3) is 0 Å². The topological polar surface area (TPSA) is 50.7 Å². The van der Waals surface area contributed by atoms with Gasteiger partial charge in [-0.2, -0.15) is 13.2 Å². The molecule has 19 heavy (non-hydrogen) atoms.